The van der Waals surface area contributed by atoms with Crippen LogP contribution < -0.4 is 5.32 Å². The number of benzene rings is 2. The fraction of sp³-hybridized carbons (Fsp3) is 0.188. The van der Waals surface area contributed by atoms with Crippen molar-refractivity contribution in [3.05, 3.63) is 57.8 Å². The van der Waals surface area contributed by atoms with Gasteiger partial charge in [-0.3, -0.25) is 0 Å². The Morgan fingerprint density at radius 3 is 2.81 bits per heavy atom. The smallest absolute Gasteiger partial charge is 0.114 e. The number of para-hydroxylation sites is 1. The molecular formula is C16H13Cl2N3. The van der Waals surface area contributed by atoms with Crippen LogP contribution in [0.5, 0.6) is 0 Å². The van der Waals surface area contributed by atoms with Crippen LogP contribution in [0.15, 0.2) is 36.4 Å². The molecule has 4 rings (SSSR count). The molecule has 0 saturated carbocycles. The zero-order valence-electron chi connectivity index (χ0n) is 11.2. The molecule has 21 heavy (non-hydrogen) atoms. The lowest BCUT2D eigenvalue weighted by Crippen LogP contribution is -2.18. The number of anilines is 1. The third-order valence-electron chi connectivity index (χ3n) is 3.96. The van der Waals surface area contributed by atoms with E-state index in [0.717, 1.165) is 29.8 Å². The van der Waals surface area contributed by atoms with Crippen molar-refractivity contribution in [1.29, 1.82) is 0 Å². The van der Waals surface area contributed by atoms with Gasteiger partial charge in [-0.25, -0.2) is 4.98 Å². The second-order valence-corrected chi connectivity index (χ2v) is 6.08. The van der Waals surface area contributed by atoms with E-state index in [4.69, 9.17) is 28.2 Å². The third kappa shape index (κ3) is 2.17. The molecule has 2 heterocycles. The van der Waals surface area contributed by atoms with Crippen molar-refractivity contribution < 1.29 is 0 Å². The molecule has 1 aromatic heterocycles. The highest BCUT2D eigenvalue weighted by Crippen LogP contribution is 2.36. The van der Waals surface area contributed by atoms with Crippen molar-refractivity contribution in [3.8, 4) is 0 Å². The number of hydrogen-bond acceptors (Lipinski definition) is 2. The van der Waals surface area contributed by atoms with E-state index < -0.39 is 0 Å². The van der Waals surface area contributed by atoms with Crippen molar-refractivity contribution in [1.82, 2.24) is 9.97 Å². The predicted molar refractivity (Wildman–Crippen MR) is 87.5 cm³/mol. The third-order valence-corrected chi connectivity index (χ3v) is 4.68. The van der Waals surface area contributed by atoms with E-state index in [-0.39, 0.29) is 5.92 Å². The molecule has 2 aromatic carbocycles. The van der Waals surface area contributed by atoms with Gasteiger partial charge in [-0.1, -0.05) is 41.4 Å². The van der Waals surface area contributed by atoms with Gasteiger partial charge in [0.15, 0.2) is 0 Å². The number of imidazole rings is 1. The Kier molecular flexibility index (Phi) is 3.05. The minimum absolute atomic E-state index is 0.271. The molecule has 1 aliphatic rings. The van der Waals surface area contributed by atoms with Gasteiger partial charge in [0.05, 0.1) is 21.1 Å². The zero-order valence-corrected chi connectivity index (χ0v) is 12.7. The summed E-state index contributed by atoms with van der Waals surface area (Å²) < 4.78 is 0. The number of rotatable bonds is 1. The first-order chi connectivity index (χ1) is 10.2. The Morgan fingerprint density at radius 2 is 1.90 bits per heavy atom. The van der Waals surface area contributed by atoms with Crippen LogP contribution in [-0.2, 0) is 0 Å². The van der Waals surface area contributed by atoms with Crippen LogP contribution in [0.25, 0.3) is 11.0 Å². The van der Waals surface area contributed by atoms with E-state index in [0.29, 0.717) is 10.0 Å². The Morgan fingerprint density at radius 1 is 1.10 bits per heavy atom. The van der Waals surface area contributed by atoms with Gasteiger partial charge >= 0.3 is 0 Å². The molecule has 0 radical (unpaired) electrons. The predicted octanol–water partition coefficient (Wildman–Crippen LogP) is 4.82. The van der Waals surface area contributed by atoms with Crippen molar-refractivity contribution in [2.24, 2.45) is 0 Å². The number of aromatic amines is 1. The minimum atomic E-state index is 0.271. The number of halogens is 2. The zero-order chi connectivity index (χ0) is 14.4. The fourth-order valence-corrected chi connectivity index (χ4v) is 3.26. The van der Waals surface area contributed by atoms with Gasteiger partial charge < -0.3 is 10.3 Å². The monoisotopic (exact) mass is 317 g/mol. The summed E-state index contributed by atoms with van der Waals surface area (Å²) in [5, 5.41) is 4.51. The van der Waals surface area contributed by atoms with Crippen LogP contribution in [0.4, 0.5) is 5.69 Å². The summed E-state index contributed by atoms with van der Waals surface area (Å²) in [7, 11) is 0. The van der Waals surface area contributed by atoms with Crippen LogP contribution in [0.1, 0.15) is 23.7 Å². The number of H-pyrrole nitrogens is 1. The maximum absolute atomic E-state index is 6.07. The molecule has 3 nitrogen and oxygen atoms in total. The first-order valence-corrected chi connectivity index (χ1v) is 7.65. The van der Waals surface area contributed by atoms with Crippen molar-refractivity contribution in [2.75, 3.05) is 11.9 Å². The number of fused-ring (bicyclic) bond motifs is 2. The Labute approximate surface area is 132 Å². The molecule has 1 unspecified atom stereocenters. The van der Waals surface area contributed by atoms with Crippen LogP contribution in [-0.4, -0.2) is 16.5 Å². The molecular weight excluding hydrogens is 305 g/mol. The Hall–Kier alpha value is -1.71. The molecule has 0 fully saturated rings. The highest BCUT2D eigenvalue weighted by molar-refractivity contribution is 6.42. The summed E-state index contributed by atoms with van der Waals surface area (Å²) in [4.78, 5) is 8.10. The summed E-state index contributed by atoms with van der Waals surface area (Å²) in [6.07, 6.45) is 1.01. The van der Waals surface area contributed by atoms with Crippen molar-refractivity contribution >= 4 is 39.9 Å². The largest absolute Gasteiger partial charge is 0.385 e. The van der Waals surface area contributed by atoms with E-state index in [2.05, 4.69) is 28.5 Å². The molecule has 5 heteroatoms. The maximum atomic E-state index is 6.07. The van der Waals surface area contributed by atoms with Crippen LogP contribution in [0.2, 0.25) is 10.0 Å². The minimum Gasteiger partial charge on any atom is -0.385 e. The van der Waals surface area contributed by atoms with Gasteiger partial charge in [0.25, 0.3) is 0 Å². The van der Waals surface area contributed by atoms with E-state index in [9.17, 15) is 0 Å². The van der Waals surface area contributed by atoms with E-state index >= 15 is 0 Å². The topological polar surface area (TPSA) is 40.7 Å². The molecule has 2 N–H and O–H groups in total. The van der Waals surface area contributed by atoms with E-state index in [1.54, 1.807) is 0 Å². The molecule has 3 aromatic rings. The standard InChI is InChI=1S/C16H13Cl2N3/c17-11-7-14-15(8-12(11)18)21-16(20-14)10-5-6-19-13-4-2-1-3-9(10)13/h1-4,7-8,10,19H,5-6H2,(H,20,21). The average Bonchev–Trinajstić information content (AvgIpc) is 2.90. The molecule has 1 aliphatic heterocycles. The molecule has 0 amide bonds. The van der Waals surface area contributed by atoms with E-state index in [1.165, 1.54) is 11.3 Å². The summed E-state index contributed by atoms with van der Waals surface area (Å²) in [6, 6.07) is 12.0. The first kappa shape index (κ1) is 13.0. The molecule has 1 atom stereocenters. The quantitative estimate of drug-likeness (QED) is 0.675. The summed E-state index contributed by atoms with van der Waals surface area (Å²) in [5.74, 6) is 1.24. The Bertz CT molecular complexity index is 787. The number of hydrogen-bond donors (Lipinski definition) is 2. The van der Waals surface area contributed by atoms with Crippen LogP contribution in [0.3, 0.4) is 0 Å². The lowest BCUT2D eigenvalue weighted by molar-refractivity contribution is 0.686. The van der Waals surface area contributed by atoms with Crippen molar-refractivity contribution in [3.63, 3.8) is 0 Å². The number of nitrogens with zero attached hydrogens (tertiary/aromatic N) is 1. The van der Waals surface area contributed by atoms with Gasteiger partial charge in [-0.2, -0.15) is 0 Å². The number of nitrogens with one attached hydrogen (secondary N) is 2. The summed E-state index contributed by atoms with van der Waals surface area (Å²) in [6.45, 7) is 0.945. The lowest BCUT2D eigenvalue weighted by Gasteiger charge is -2.25. The average molecular weight is 318 g/mol. The second kappa shape index (κ2) is 4.93. The van der Waals surface area contributed by atoms with Gasteiger partial charge in [-0.15, -0.1) is 0 Å². The highest BCUT2D eigenvalue weighted by atomic mass is 35.5. The Balaban J connectivity index is 1.84. The highest BCUT2D eigenvalue weighted by Gasteiger charge is 2.24. The normalized spacial score (nSPS) is 17.5. The first-order valence-electron chi connectivity index (χ1n) is 6.90. The maximum Gasteiger partial charge on any atom is 0.114 e. The van der Waals surface area contributed by atoms with Gasteiger partial charge in [0.2, 0.25) is 0 Å². The van der Waals surface area contributed by atoms with Crippen molar-refractivity contribution in [2.45, 2.75) is 12.3 Å². The van der Waals surface area contributed by atoms with Gasteiger partial charge in [0.1, 0.15) is 5.82 Å². The fourth-order valence-electron chi connectivity index (χ4n) is 2.94. The summed E-state index contributed by atoms with van der Waals surface area (Å²) >= 11 is 12.1. The number of aromatic nitrogens is 2. The lowest BCUT2D eigenvalue weighted by atomic mass is 9.90. The van der Waals surface area contributed by atoms with Crippen LogP contribution in [0, 0.1) is 0 Å². The molecule has 0 aliphatic carbocycles. The molecule has 0 saturated heterocycles. The van der Waals surface area contributed by atoms with Gasteiger partial charge in [0, 0.05) is 18.2 Å². The van der Waals surface area contributed by atoms with Crippen LogP contribution >= 0.6 is 23.2 Å². The summed E-state index contributed by atoms with van der Waals surface area (Å²) in [5.41, 5.74) is 4.25. The van der Waals surface area contributed by atoms with Gasteiger partial charge in [-0.05, 0) is 30.2 Å². The van der Waals surface area contributed by atoms with E-state index in [1.807, 2.05) is 18.2 Å². The second-order valence-electron chi connectivity index (χ2n) is 5.26. The molecule has 0 spiro atoms. The SMILES string of the molecule is Clc1cc2nc(C3CCNc4ccccc43)[nH]c2cc1Cl. The molecule has 0 bridgehead atoms. The molecule has 106 valence electrons.